The van der Waals surface area contributed by atoms with Crippen molar-refractivity contribution < 1.29 is 97.6 Å². The summed E-state index contributed by atoms with van der Waals surface area (Å²) in [6.45, 7) is 12.7. The SMILES string of the molecule is CCCCCCCCCCCCCC[C@@H](O)[C@@H](O)[C@H](CO[C@H]1OC(CO)[C@H](O)[C@H](O)C1O)NC(=O)CCCCCCCCCC(=O)CCCCCCCBr.CCCCCCCCCCCCCC[C@@H](OCc1ccccc1)[C@@H](OCc1ccccc1)[C@H](CO[C@H]1OC(COCc2ccccc2)[C@H](C)[C@H](C)C1C)NC(=O)CCCCCCCCCC(=O)OCc1ccccc1.O=C(O)CBr. The molecule has 2 aliphatic rings. The Labute approximate surface area is 824 Å². The van der Waals surface area contributed by atoms with E-state index in [2.05, 4.69) is 126 Å². The third kappa shape index (κ3) is 58.2. The zero-order valence-corrected chi connectivity index (χ0v) is 86.1. The fourth-order valence-electron chi connectivity index (χ4n) is 17.3. The standard InChI is InChI=1S/C66H97NO8.C42H80BrNO10.C2H3BrO2/c1-5-6-7-8-9-10-11-12-13-15-18-33-44-61(71-48-57-38-27-22-28-39-57)65(73-50-59-42-31-24-32-43-59)60(51-74-66-55(4)53(2)54(3)62(75-66)52-70-47-56-36-25-21-26-37-56)67-63(68)45-34-19-16-14-17-20-35-46-64(69)72-49-58-40-29-23-30-41-58;1-2-3-4-5-6-7-8-9-10-13-18-23-28-35(47)38(49)34(32-53-42-41(52)40(51)39(50)36(31-45)54-42)44-37(48)29-24-19-14-11-12-16-21-26-33(46)27-22-17-15-20-25-30-43;3-1-2(4)5/h21-32,36-43,53-55,60-62,65-66H,5-20,33-35,44-52H2,1-4H3,(H,67,68);34-36,38-42,45,47,49-52H,2-32H2,1H3,(H,44,48);1H2,(H,4,5)/t53-,54+,55?,60-,61+,62?,65-,66-;34-,35+,36?,38-,39-,40-,41?,42-;/m00./s1. The Balaban J connectivity index is 0.000000560. The van der Waals surface area contributed by atoms with Crippen LogP contribution in [0.5, 0.6) is 0 Å². The van der Waals surface area contributed by atoms with E-state index >= 15 is 0 Å². The number of nitrogens with one attached hydrogen (secondary N) is 2. The summed E-state index contributed by atoms with van der Waals surface area (Å²) in [6.07, 6.45) is 41.0. The van der Waals surface area contributed by atoms with Gasteiger partial charge in [-0.1, -0.05) is 425 Å². The van der Waals surface area contributed by atoms with Gasteiger partial charge in [-0.05, 0) is 85.5 Å². The van der Waals surface area contributed by atoms with Crippen LogP contribution in [0, 0.1) is 17.8 Å². The summed E-state index contributed by atoms with van der Waals surface area (Å²) >= 11 is 6.16. The van der Waals surface area contributed by atoms with Crippen molar-refractivity contribution in [2.75, 3.05) is 37.1 Å². The molecule has 16 atom stereocenters. The van der Waals surface area contributed by atoms with E-state index < -0.39 is 80.0 Å². The number of aliphatic carboxylic acids is 1. The molecule has 0 aromatic heterocycles. The molecule has 2 saturated heterocycles. The number of ether oxygens (including phenoxy) is 8. The number of alkyl halides is 2. The number of halogens is 2. The average Bonchev–Trinajstić information content (AvgIpc) is 0.817. The highest BCUT2D eigenvalue weighted by molar-refractivity contribution is 9.09. The highest BCUT2D eigenvalue weighted by Gasteiger charge is 2.45. The van der Waals surface area contributed by atoms with Gasteiger partial charge in [-0.15, -0.1) is 0 Å². The number of unbranched alkanes of at least 4 members (excludes halogenated alkanes) is 38. The summed E-state index contributed by atoms with van der Waals surface area (Å²) in [5, 5.41) is 77.2. The van der Waals surface area contributed by atoms with E-state index in [9.17, 15) is 54.6 Å². The van der Waals surface area contributed by atoms with Gasteiger partial charge in [-0.25, -0.2) is 0 Å². The molecule has 2 aliphatic heterocycles. The quantitative estimate of drug-likeness (QED) is 0.0113. The molecule has 4 aromatic carbocycles. The molecule has 4 unspecified atom stereocenters. The van der Waals surface area contributed by atoms with Crippen molar-refractivity contribution >= 4 is 61.4 Å². The molecule has 2 heterocycles. The second-order valence-electron chi connectivity index (χ2n) is 37.7. The normalized spacial score (nSPS) is 19.6. The van der Waals surface area contributed by atoms with Gasteiger partial charge in [0, 0.05) is 43.4 Å². The monoisotopic (exact) mass is 2010 g/mol. The summed E-state index contributed by atoms with van der Waals surface area (Å²) in [5.41, 5.74) is 4.30. The molecule has 0 bridgehead atoms. The van der Waals surface area contributed by atoms with Crippen molar-refractivity contribution in [2.45, 2.75) is 462 Å². The number of carboxylic acids is 1. The van der Waals surface area contributed by atoms with E-state index in [1.807, 2.05) is 72.8 Å². The number of aliphatic hydroxyl groups excluding tert-OH is 6. The lowest BCUT2D eigenvalue weighted by atomic mass is 9.79. The van der Waals surface area contributed by atoms with Gasteiger partial charge in [0.2, 0.25) is 11.8 Å². The third-order valence-electron chi connectivity index (χ3n) is 26.2. The molecule has 2 amide bonds. The number of Topliss-reactive ketones (excluding diaryl/α,β-unsaturated/α-hetero) is 1. The van der Waals surface area contributed by atoms with E-state index in [-0.39, 0.29) is 66.8 Å². The number of carbonyl (C=O) groups excluding carboxylic acids is 4. The molecular weight excluding hydrogens is 1830 g/mol. The first-order valence-corrected chi connectivity index (χ1v) is 54.6. The number of ketones is 1. The maximum atomic E-state index is 14.2. The molecule has 0 spiro atoms. The Morgan fingerprint density at radius 3 is 1.20 bits per heavy atom. The summed E-state index contributed by atoms with van der Waals surface area (Å²) in [5.74, 6) is -0.191. The summed E-state index contributed by atoms with van der Waals surface area (Å²) in [6, 6.07) is 39.2. The van der Waals surface area contributed by atoms with Gasteiger partial charge in [-0.2, -0.15) is 0 Å². The topological polar surface area (TPSA) is 325 Å². The van der Waals surface area contributed by atoms with Gasteiger partial charge in [0.05, 0.1) is 76.6 Å². The Morgan fingerprint density at radius 1 is 0.396 bits per heavy atom. The van der Waals surface area contributed by atoms with Gasteiger partial charge in [-0.3, -0.25) is 24.0 Å². The Kier molecular flexibility index (Phi) is 72.8. The lowest BCUT2D eigenvalue weighted by Crippen LogP contribution is -2.60. The molecule has 2 fully saturated rings. The highest BCUT2D eigenvalue weighted by atomic mass is 79.9. The lowest BCUT2D eigenvalue weighted by molar-refractivity contribution is -0.303. The van der Waals surface area contributed by atoms with Gasteiger partial charge in [0.25, 0.3) is 0 Å². The molecule has 764 valence electrons. The molecule has 0 aliphatic carbocycles. The number of benzene rings is 4. The maximum Gasteiger partial charge on any atom is 0.314 e. The predicted octanol–water partition coefficient (Wildman–Crippen LogP) is 23.2. The number of amides is 2. The minimum Gasteiger partial charge on any atom is -0.481 e. The van der Waals surface area contributed by atoms with Crippen LogP contribution in [0.25, 0.3) is 0 Å². The second kappa shape index (κ2) is 80.5. The molecule has 24 heteroatoms. The van der Waals surface area contributed by atoms with Gasteiger partial charge >= 0.3 is 11.9 Å². The molecule has 6 rings (SSSR count). The van der Waals surface area contributed by atoms with Gasteiger partial charge < -0.3 is 84.3 Å². The first-order valence-electron chi connectivity index (χ1n) is 52.3. The number of aliphatic hydroxyl groups is 6. The van der Waals surface area contributed by atoms with Crippen molar-refractivity contribution in [3.8, 4) is 0 Å². The van der Waals surface area contributed by atoms with Gasteiger partial charge in [0.15, 0.2) is 12.6 Å². The van der Waals surface area contributed by atoms with Crippen LogP contribution < -0.4 is 10.6 Å². The number of rotatable bonds is 79. The van der Waals surface area contributed by atoms with Crippen LogP contribution in [-0.2, 0) is 88.3 Å². The fourth-order valence-corrected chi connectivity index (χ4v) is 17.7. The zero-order valence-electron chi connectivity index (χ0n) is 82.9. The number of esters is 1. The van der Waals surface area contributed by atoms with E-state index in [1.54, 1.807) is 0 Å². The summed E-state index contributed by atoms with van der Waals surface area (Å²) in [7, 11) is 0. The Morgan fingerprint density at radius 2 is 0.761 bits per heavy atom. The van der Waals surface area contributed by atoms with Crippen molar-refractivity contribution in [1.29, 1.82) is 0 Å². The Hall–Kier alpha value is -5.13. The number of hydrogen-bond acceptors (Lipinski definition) is 19. The van der Waals surface area contributed by atoms with Crippen molar-refractivity contribution in [2.24, 2.45) is 17.8 Å². The van der Waals surface area contributed by atoms with E-state index in [1.165, 1.54) is 135 Å². The molecule has 9 N–H and O–H groups in total. The van der Waals surface area contributed by atoms with Crippen molar-refractivity contribution in [3.05, 3.63) is 144 Å². The van der Waals surface area contributed by atoms with Crippen LogP contribution in [0.3, 0.4) is 0 Å². The predicted molar refractivity (Wildman–Crippen MR) is 543 cm³/mol. The van der Waals surface area contributed by atoms with Crippen molar-refractivity contribution in [3.63, 3.8) is 0 Å². The van der Waals surface area contributed by atoms with Crippen LogP contribution in [0.4, 0.5) is 0 Å². The molecule has 0 saturated carbocycles. The summed E-state index contributed by atoms with van der Waals surface area (Å²) in [4.78, 5) is 60.9. The molecule has 4 aromatic rings. The lowest BCUT2D eigenvalue weighted by Gasteiger charge is -2.44. The minimum atomic E-state index is -1.62. The summed E-state index contributed by atoms with van der Waals surface area (Å²) < 4.78 is 50.6. The van der Waals surface area contributed by atoms with Crippen LogP contribution in [-0.4, -0.2) is 182 Å². The third-order valence-corrected chi connectivity index (χ3v) is 27.3. The average molecular weight is 2010 g/mol. The molecule has 22 nitrogen and oxygen atoms in total. The molecule has 0 radical (unpaired) electrons. The van der Waals surface area contributed by atoms with Crippen molar-refractivity contribution in [1.82, 2.24) is 10.6 Å². The van der Waals surface area contributed by atoms with Gasteiger partial charge in [0.1, 0.15) is 54.3 Å². The first-order chi connectivity index (χ1) is 65.2. The number of hydrogen-bond donors (Lipinski definition) is 9. The first kappa shape index (κ1) is 121. The van der Waals surface area contributed by atoms with Crippen LogP contribution >= 0.6 is 31.9 Å². The largest absolute Gasteiger partial charge is 0.481 e. The second-order valence-corrected chi connectivity index (χ2v) is 39.1. The van der Waals surface area contributed by atoms with E-state index in [0.29, 0.717) is 83.3 Å². The van der Waals surface area contributed by atoms with E-state index in [4.69, 9.17) is 43.0 Å². The highest BCUT2D eigenvalue weighted by Crippen LogP contribution is 2.37. The minimum absolute atomic E-state index is 0.00936. The van der Waals surface area contributed by atoms with Crippen LogP contribution in [0.2, 0.25) is 0 Å². The van der Waals surface area contributed by atoms with E-state index in [0.717, 1.165) is 169 Å². The smallest absolute Gasteiger partial charge is 0.314 e. The van der Waals surface area contributed by atoms with Crippen LogP contribution in [0.1, 0.15) is 378 Å². The zero-order chi connectivity index (χ0) is 97.1. The number of carbonyl (C=O) groups is 5. The molecule has 134 heavy (non-hydrogen) atoms. The Bertz CT molecular complexity index is 3450. The number of carboxylic acid groups (broad SMARTS) is 1. The maximum absolute atomic E-state index is 14.2. The van der Waals surface area contributed by atoms with Crippen LogP contribution in [0.15, 0.2) is 121 Å². The fraction of sp³-hybridized carbons (Fsp3) is 0.736. The molecular formula is C110H180Br2N2O20.